The third-order valence-electron chi connectivity index (χ3n) is 17.8. The summed E-state index contributed by atoms with van der Waals surface area (Å²) < 4.78 is 11.3. The van der Waals surface area contributed by atoms with E-state index in [1.165, 1.54) is 180 Å². The van der Waals surface area contributed by atoms with Crippen LogP contribution >= 0.6 is 0 Å². The molecule has 1 aliphatic heterocycles. The quantitative estimate of drug-likeness (QED) is 0.0261. The van der Waals surface area contributed by atoms with E-state index >= 15 is 0 Å². The normalized spacial score (nSPS) is 18.3. The summed E-state index contributed by atoms with van der Waals surface area (Å²) in [5.41, 5.74) is 0. The second-order valence-electron chi connectivity index (χ2n) is 26.8. The molecule has 7 unspecified atom stereocenters. The molecule has 7 atom stereocenters. The number of aliphatic hydroxyl groups excluding tert-OH is 5. The van der Waals surface area contributed by atoms with Crippen molar-refractivity contribution in [1.29, 1.82) is 0 Å². The van der Waals surface area contributed by atoms with Gasteiger partial charge in [-0.15, -0.1) is 0 Å². The van der Waals surface area contributed by atoms with Gasteiger partial charge >= 0.3 is 0 Å². The van der Waals surface area contributed by atoms with Crippen molar-refractivity contribution >= 4 is 5.91 Å². The van der Waals surface area contributed by atoms with Gasteiger partial charge in [-0.05, 0) is 122 Å². The first-order chi connectivity index (χ1) is 47.3. The van der Waals surface area contributed by atoms with Crippen LogP contribution in [0, 0.1) is 0 Å². The van der Waals surface area contributed by atoms with Crippen molar-refractivity contribution in [3.05, 3.63) is 158 Å². The van der Waals surface area contributed by atoms with Crippen LogP contribution < -0.4 is 5.32 Å². The van der Waals surface area contributed by atoms with Crippen LogP contribution in [0.3, 0.4) is 0 Å². The number of unbranched alkanes of at least 4 members (excludes halogenated alkanes) is 34. The number of rotatable bonds is 68. The van der Waals surface area contributed by atoms with Crippen molar-refractivity contribution in [1.82, 2.24) is 5.32 Å². The summed E-state index contributed by atoms with van der Waals surface area (Å²) in [5, 5.41) is 54.9. The number of hydrogen-bond acceptors (Lipinski definition) is 8. The van der Waals surface area contributed by atoms with Crippen molar-refractivity contribution in [2.75, 3.05) is 13.2 Å². The Balaban J connectivity index is 2.15. The first kappa shape index (κ1) is 89.8. The van der Waals surface area contributed by atoms with Gasteiger partial charge in [0.15, 0.2) is 6.29 Å². The van der Waals surface area contributed by atoms with Crippen LogP contribution in [0.2, 0.25) is 0 Å². The third kappa shape index (κ3) is 60.9. The van der Waals surface area contributed by atoms with Crippen LogP contribution in [0.15, 0.2) is 158 Å². The van der Waals surface area contributed by atoms with Gasteiger partial charge in [0.05, 0.1) is 25.4 Å². The van der Waals surface area contributed by atoms with Gasteiger partial charge in [0.2, 0.25) is 5.91 Å². The maximum Gasteiger partial charge on any atom is 0.220 e. The Morgan fingerprint density at radius 3 is 1.00 bits per heavy atom. The molecule has 1 aliphatic rings. The van der Waals surface area contributed by atoms with Crippen molar-refractivity contribution < 1.29 is 39.8 Å². The van der Waals surface area contributed by atoms with Gasteiger partial charge in [-0.1, -0.05) is 358 Å². The predicted octanol–water partition coefficient (Wildman–Crippen LogP) is 23.0. The highest BCUT2D eigenvalue weighted by Crippen LogP contribution is 2.23. The van der Waals surface area contributed by atoms with Crippen molar-refractivity contribution in [2.45, 2.75) is 371 Å². The first-order valence-electron chi connectivity index (χ1n) is 39.7. The fourth-order valence-electron chi connectivity index (χ4n) is 11.7. The van der Waals surface area contributed by atoms with Gasteiger partial charge in [-0.25, -0.2) is 0 Å². The Hall–Kier alpha value is -4.19. The molecule has 0 aromatic rings. The molecule has 0 aromatic carbocycles. The van der Waals surface area contributed by atoms with Gasteiger partial charge in [0.25, 0.3) is 0 Å². The molecule has 9 heteroatoms. The minimum atomic E-state index is -1.59. The first-order valence-corrected chi connectivity index (χ1v) is 39.7. The Morgan fingerprint density at radius 2 is 0.656 bits per heavy atom. The van der Waals surface area contributed by atoms with Gasteiger partial charge in [0, 0.05) is 6.42 Å². The summed E-state index contributed by atoms with van der Waals surface area (Å²) in [6, 6.07) is -0.844. The standard InChI is InChI=1S/C87H147NO8/c1-3-5-7-9-11-13-15-17-19-21-23-25-27-29-31-33-35-37-38-39-40-41-42-43-44-45-47-49-51-53-55-57-59-61-63-65-67-69-71-73-75-77-83(91)88-80(79-95-87-86(94)85(93)84(92)82(78-89)96-87)81(90)76-74-72-70-68-66-64-62-60-58-56-54-52-50-48-46-36-34-32-30-28-26-24-22-20-18-16-14-12-10-8-6-4-2/h5,7,11,13,17,19,23,25,29,31,35,37,39-40,42-43,45,47,51,53,58,60,66,68,74,76,80-82,84-87,89-90,92-94H,3-4,6,8-10,12,14-16,18,20-22,24,26-28,30,32-34,36,38,41,44,46,48-50,52,54-57,59,61-65,67,69-73,75,77-79H2,1-2H3,(H,88,91)/b7-5-,13-11-,19-17-,25-23-,31-29-,37-35-,40-39-,43-42-,47-45-,53-51-,60-58+,68-66+,76-74+. The minimum Gasteiger partial charge on any atom is -0.394 e. The van der Waals surface area contributed by atoms with Crippen LogP contribution in [0.5, 0.6) is 0 Å². The molecule has 548 valence electrons. The minimum absolute atomic E-state index is 0.199. The molecule has 9 nitrogen and oxygen atoms in total. The van der Waals surface area contributed by atoms with Crippen LogP contribution in [-0.4, -0.2) is 87.5 Å². The van der Waals surface area contributed by atoms with E-state index in [0.29, 0.717) is 6.42 Å². The number of ether oxygens (including phenoxy) is 2. The fourth-order valence-corrected chi connectivity index (χ4v) is 11.7. The van der Waals surface area contributed by atoms with E-state index in [1.54, 1.807) is 6.08 Å². The van der Waals surface area contributed by atoms with Gasteiger partial charge in [-0.3, -0.25) is 4.79 Å². The number of amides is 1. The topological polar surface area (TPSA) is 149 Å². The van der Waals surface area contributed by atoms with E-state index in [4.69, 9.17) is 9.47 Å². The van der Waals surface area contributed by atoms with E-state index < -0.39 is 49.5 Å². The maximum absolute atomic E-state index is 13.2. The molecule has 0 aromatic heterocycles. The highest BCUT2D eigenvalue weighted by atomic mass is 16.7. The lowest BCUT2D eigenvalue weighted by atomic mass is 9.99. The molecule has 96 heavy (non-hydrogen) atoms. The molecule has 0 aliphatic carbocycles. The summed E-state index contributed by atoms with van der Waals surface area (Å²) in [5.74, 6) is -0.199. The van der Waals surface area contributed by atoms with E-state index in [0.717, 1.165) is 128 Å². The number of hydrogen-bond donors (Lipinski definition) is 6. The second-order valence-corrected chi connectivity index (χ2v) is 26.8. The zero-order valence-corrected chi connectivity index (χ0v) is 61.6. The summed E-state index contributed by atoms with van der Waals surface area (Å²) in [4.78, 5) is 13.2. The summed E-state index contributed by atoms with van der Waals surface area (Å²) >= 11 is 0. The number of allylic oxidation sites excluding steroid dienone is 25. The predicted molar refractivity (Wildman–Crippen MR) is 414 cm³/mol. The van der Waals surface area contributed by atoms with Crippen LogP contribution in [-0.2, 0) is 14.3 Å². The zero-order valence-electron chi connectivity index (χ0n) is 61.6. The average Bonchev–Trinajstić information content (AvgIpc) is 0.840. The smallest absolute Gasteiger partial charge is 0.220 e. The molecule has 0 saturated carbocycles. The zero-order chi connectivity index (χ0) is 69.2. The van der Waals surface area contributed by atoms with Crippen molar-refractivity contribution in [2.24, 2.45) is 0 Å². The van der Waals surface area contributed by atoms with E-state index in [1.807, 2.05) is 6.08 Å². The monoisotopic (exact) mass is 1330 g/mol. The molecular formula is C87H147NO8. The lowest BCUT2D eigenvalue weighted by Gasteiger charge is -2.40. The summed E-state index contributed by atoms with van der Waals surface area (Å²) in [7, 11) is 0. The molecule has 1 heterocycles. The number of aliphatic hydroxyl groups is 5. The molecule has 1 saturated heterocycles. The SMILES string of the molecule is CC/C=C\C/C=C\C/C=C\C/C=C\C/C=C\C/C=C\C/C=C\C/C=C\C/C=C\C/C=C\CCCCCCCCCCCCC(=O)NC(COC1OC(CO)C(O)C(O)C1O)C(O)/C=C/CC/C=C/CC/C=C/CCCCCCCCCCCCCCCCCCCCCCCC. The maximum atomic E-state index is 13.2. The number of nitrogens with one attached hydrogen (secondary N) is 1. The lowest BCUT2D eigenvalue weighted by molar-refractivity contribution is -0.302. The van der Waals surface area contributed by atoms with E-state index in [9.17, 15) is 30.3 Å². The molecule has 6 N–H and O–H groups in total. The van der Waals surface area contributed by atoms with Gasteiger partial charge in [0.1, 0.15) is 24.4 Å². The molecular weight excluding hydrogens is 1190 g/mol. The Morgan fingerprint density at radius 1 is 0.365 bits per heavy atom. The van der Waals surface area contributed by atoms with Gasteiger partial charge in [-0.2, -0.15) is 0 Å². The molecule has 1 fully saturated rings. The number of carbonyl (C=O) groups is 1. The second kappa shape index (κ2) is 73.5. The van der Waals surface area contributed by atoms with Crippen LogP contribution in [0.4, 0.5) is 0 Å². The molecule has 0 radical (unpaired) electrons. The van der Waals surface area contributed by atoms with Crippen molar-refractivity contribution in [3.63, 3.8) is 0 Å². The molecule has 0 bridgehead atoms. The van der Waals surface area contributed by atoms with E-state index in [2.05, 4.69) is 165 Å². The number of carbonyl (C=O) groups excluding carboxylic acids is 1. The lowest BCUT2D eigenvalue weighted by Crippen LogP contribution is -2.60. The molecule has 1 rings (SSSR count). The van der Waals surface area contributed by atoms with Crippen molar-refractivity contribution in [3.8, 4) is 0 Å². The highest BCUT2D eigenvalue weighted by molar-refractivity contribution is 5.76. The Bertz CT molecular complexity index is 2090. The van der Waals surface area contributed by atoms with E-state index in [-0.39, 0.29) is 12.5 Å². The molecule has 0 spiro atoms. The average molecular weight is 1340 g/mol. The highest BCUT2D eigenvalue weighted by Gasteiger charge is 2.44. The Kier molecular flexibility index (Phi) is 68.8. The Labute approximate surface area is 590 Å². The fraction of sp³-hybridized carbons (Fsp3) is 0.690. The van der Waals surface area contributed by atoms with Crippen LogP contribution in [0.25, 0.3) is 0 Å². The van der Waals surface area contributed by atoms with Gasteiger partial charge < -0.3 is 40.3 Å². The van der Waals surface area contributed by atoms with Crippen LogP contribution in [0.1, 0.15) is 328 Å². The molecule has 1 amide bonds. The third-order valence-corrected chi connectivity index (χ3v) is 17.8. The largest absolute Gasteiger partial charge is 0.394 e. The summed E-state index contributed by atoms with van der Waals surface area (Å²) in [6.07, 6.45) is 108. The summed E-state index contributed by atoms with van der Waals surface area (Å²) in [6.45, 7) is 3.67.